The second-order valence-corrected chi connectivity index (χ2v) is 2.32. The quantitative estimate of drug-likeness (QED) is 0.601. The molecule has 1 aromatic rings. The Bertz CT molecular complexity index is 240. The van der Waals surface area contributed by atoms with Crippen molar-refractivity contribution >= 4 is 15.9 Å². The Morgan fingerprint density at radius 3 is 2.40 bits per heavy atom. The molecule has 0 aliphatic rings. The molecule has 0 bridgehead atoms. The first-order valence-corrected chi connectivity index (χ1v) is 3.07. The van der Waals surface area contributed by atoms with E-state index in [1.54, 1.807) is 0 Å². The highest BCUT2D eigenvalue weighted by Crippen LogP contribution is 2.17. The summed E-state index contributed by atoms with van der Waals surface area (Å²) >= 11 is 2.53. The van der Waals surface area contributed by atoms with E-state index >= 15 is 0 Å². The zero-order chi connectivity index (χ0) is 7.72. The van der Waals surface area contributed by atoms with Crippen LogP contribution in [0.25, 0.3) is 0 Å². The topological polar surface area (TPSA) is 12.9 Å². The molecule has 0 saturated carbocycles. The van der Waals surface area contributed by atoms with Crippen molar-refractivity contribution in [3.63, 3.8) is 0 Å². The van der Waals surface area contributed by atoms with E-state index in [9.17, 15) is 13.2 Å². The van der Waals surface area contributed by atoms with Gasteiger partial charge in [-0.3, -0.25) is 0 Å². The molecule has 1 nitrogen and oxygen atoms in total. The van der Waals surface area contributed by atoms with Gasteiger partial charge >= 0.3 is 0 Å². The van der Waals surface area contributed by atoms with Crippen molar-refractivity contribution in [3.05, 3.63) is 28.3 Å². The van der Waals surface area contributed by atoms with Crippen molar-refractivity contribution < 1.29 is 13.2 Å². The third kappa shape index (κ3) is 1.29. The van der Waals surface area contributed by atoms with Crippen LogP contribution in [0, 0.1) is 17.7 Å². The second-order valence-electron chi connectivity index (χ2n) is 1.53. The minimum atomic E-state index is -1.18. The van der Waals surface area contributed by atoms with Gasteiger partial charge in [-0.05, 0) is 15.9 Å². The molecular formula is C5HBrF3N. The predicted octanol–water partition coefficient (Wildman–Crippen LogP) is 2.26. The number of aromatic nitrogens is 1. The molecule has 0 N–H and O–H groups in total. The predicted molar refractivity (Wildman–Crippen MR) is 31.8 cm³/mol. The summed E-state index contributed by atoms with van der Waals surface area (Å²) < 4.78 is 36.0. The van der Waals surface area contributed by atoms with Crippen LogP contribution in [0.5, 0.6) is 0 Å². The monoisotopic (exact) mass is 211 g/mol. The Morgan fingerprint density at radius 2 is 1.90 bits per heavy atom. The zero-order valence-electron chi connectivity index (χ0n) is 4.54. The van der Waals surface area contributed by atoms with E-state index in [1.807, 2.05) is 0 Å². The number of halogens is 4. The number of hydrogen-bond donors (Lipinski definition) is 0. The van der Waals surface area contributed by atoms with Gasteiger partial charge in [-0.1, -0.05) is 0 Å². The maximum absolute atomic E-state index is 12.3. The van der Waals surface area contributed by atoms with Crippen molar-refractivity contribution in [1.82, 2.24) is 4.98 Å². The summed E-state index contributed by atoms with van der Waals surface area (Å²) in [6.45, 7) is 0. The Morgan fingerprint density at radius 1 is 1.30 bits per heavy atom. The molecule has 1 rings (SSSR count). The van der Waals surface area contributed by atoms with E-state index in [2.05, 4.69) is 20.9 Å². The lowest BCUT2D eigenvalue weighted by Crippen LogP contribution is -1.92. The van der Waals surface area contributed by atoms with Gasteiger partial charge in [-0.2, -0.15) is 13.8 Å². The van der Waals surface area contributed by atoms with E-state index < -0.39 is 22.2 Å². The summed E-state index contributed by atoms with van der Waals surface area (Å²) in [6.07, 6.45) is 0. The molecule has 0 saturated heterocycles. The lowest BCUT2D eigenvalue weighted by molar-refractivity contribution is 0.480. The van der Waals surface area contributed by atoms with Crippen LogP contribution in [-0.4, -0.2) is 4.98 Å². The minimum Gasteiger partial charge on any atom is -0.205 e. The third-order valence-corrected chi connectivity index (χ3v) is 1.55. The molecule has 1 heterocycles. The van der Waals surface area contributed by atoms with Gasteiger partial charge in [0.05, 0.1) is 0 Å². The largest absolute Gasteiger partial charge is 0.232 e. The summed E-state index contributed by atoms with van der Waals surface area (Å²) in [4.78, 5) is 2.71. The summed E-state index contributed by atoms with van der Waals surface area (Å²) in [7, 11) is 0. The summed E-state index contributed by atoms with van der Waals surface area (Å²) in [5.74, 6) is -3.35. The van der Waals surface area contributed by atoms with Crippen LogP contribution >= 0.6 is 15.9 Å². The minimum absolute atomic E-state index is 0.450. The number of rotatable bonds is 0. The van der Waals surface area contributed by atoms with Gasteiger partial charge in [0.1, 0.15) is 10.3 Å². The maximum Gasteiger partial charge on any atom is 0.232 e. The van der Waals surface area contributed by atoms with Gasteiger partial charge in [0, 0.05) is 6.07 Å². The van der Waals surface area contributed by atoms with Crippen molar-refractivity contribution in [1.29, 1.82) is 0 Å². The van der Waals surface area contributed by atoms with Gasteiger partial charge in [-0.25, -0.2) is 4.39 Å². The van der Waals surface area contributed by atoms with Crippen molar-refractivity contribution in [2.75, 3.05) is 0 Å². The first-order chi connectivity index (χ1) is 4.61. The molecule has 0 atom stereocenters. The van der Waals surface area contributed by atoms with E-state index in [0.29, 0.717) is 6.07 Å². The van der Waals surface area contributed by atoms with Gasteiger partial charge in [-0.15, -0.1) is 0 Å². The highest BCUT2D eigenvalue weighted by Gasteiger charge is 2.08. The first kappa shape index (κ1) is 7.53. The Kier molecular flexibility index (Phi) is 1.94. The summed E-state index contributed by atoms with van der Waals surface area (Å²) in [5.41, 5.74) is 0. The fourth-order valence-electron chi connectivity index (χ4n) is 0.442. The molecule has 0 spiro atoms. The fraction of sp³-hybridized carbons (Fsp3) is 0. The van der Waals surface area contributed by atoms with Crippen LogP contribution in [0.4, 0.5) is 13.2 Å². The molecule has 54 valence electrons. The Hall–Kier alpha value is -0.580. The number of nitrogens with zero attached hydrogens (tertiary/aromatic N) is 1. The SMILES string of the molecule is Fc1cc(F)c(Br)c(F)n1. The first-order valence-electron chi connectivity index (χ1n) is 2.28. The average molecular weight is 212 g/mol. The maximum atomic E-state index is 12.3. The molecule has 0 unspecified atom stereocenters. The zero-order valence-corrected chi connectivity index (χ0v) is 6.12. The van der Waals surface area contributed by atoms with E-state index in [1.165, 1.54) is 0 Å². The molecule has 0 aliphatic carbocycles. The molecule has 1 aromatic heterocycles. The van der Waals surface area contributed by atoms with Gasteiger partial charge < -0.3 is 0 Å². The summed E-state index contributed by atoms with van der Waals surface area (Å²) in [5, 5.41) is 0. The molecule has 0 aliphatic heterocycles. The molecule has 0 amide bonds. The third-order valence-electron chi connectivity index (χ3n) is 0.842. The van der Waals surface area contributed by atoms with E-state index in [-0.39, 0.29) is 0 Å². The van der Waals surface area contributed by atoms with Crippen molar-refractivity contribution in [2.45, 2.75) is 0 Å². The van der Waals surface area contributed by atoms with Crippen molar-refractivity contribution in [2.24, 2.45) is 0 Å². The highest BCUT2D eigenvalue weighted by molar-refractivity contribution is 9.10. The van der Waals surface area contributed by atoms with Crippen LogP contribution in [-0.2, 0) is 0 Å². The van der Waals surface area contributed by atoms with Gasteiger partial charge in [0.15, 0.2) is 0 Å². The van der Waals surface area contributed by atoms with Gasteiger partial charge in [0.2, 0.25) is 11.9 Å². The second kappa shape index (κ2) is 2.57. The van der Waals surface area contributed by atoms with E-state index in [0.717, 1.165) is 0 Å². The smallest absolute Gasteiger partial charge is 0.205 e. The van der Waals surface area contributed by atoms with E-state index in [4.69, 9.17) is 0 Å². The molecule has 10 heavy (non-hydrogen) atoms. The number of hydrogen-bond acceptors (Lipinski definition) is 1. The average Bonchev–Trinajstić information content (AvgIpc) is 1.82. The highest BCUT2D eigenvalue weighted by atomic mass is 79.9. The van der Waals surface area contributed by atoms with Crippen LogP contribution in [0.1, 0.15) is 0 Å². The van der Waals surface area contributed by atoms with Crippen LogP contribution in [0.2, 0.25) is 0 Å². The summed E-state index contributed by atoms with van der Waals surface area (Å²) in [6, 6.07) is 0.493. The van der Waals surface area contributed by atoms with Crippen LogP contribution in [0.15, 0.2) is 10.5 Å². The van der Waals surface area contributed by atoms with Crippen molar-refractivity contribution in [3.8, 4) is 0 Å². The lowest BCUT2D eigenvalue weighted by atomic mass is 10.5. The Balaban J connectivity index is 3.31. The van der Waals surface area contributed by atoms with Crippen LogP contribution in [0.3, 0.4) is 0 Å². The normalized spacial score (nSPS) is 10.0. The Labute approximate surface area is 63.0 Å². The molecule has 0 aromatic carbocycles. The molecule has 0 fully saturated rings. The standard InChI is InChI=1S/C5HBrF3N/c6-4-2(7)1-3(8)10-5(4)9/h1H. The van der Waals surface area contributed by atoms with Gasteiger partial charge in [0.25, 0.3) is 0 Å². The molecule has 0 radical (unpaired) electrons. The number of pyridine rings is 1. The lowest BCUT2D eigenvalue weighted by Gasteiger charge is -1.93. The van der Waals surface area contributed by atoms with Crippen LogP contribution < -0.4 is 0 Å². The fourth-order valence-corrected chi connectivity index (χ4v) is 0.645. The molecule has 5 heteroatoms. The molecular weight excluding hydrogens is 211 g/mol.